The highest BCUT2D eigenvalue weighted by Gasteiger charge is 2.08. The summed E-state index contributed by atoms with van der Waals surface area (Å²) in [4.78, 5) is 15.6. The van der Waals surface area contributed by atoms with Crippen molar-refractivity contribution in [1.29, 1.82) is 5.26 Å². The molecule has 2 rings (SSSR count). The van der Waals surface area contributed by atoms with Crippen molar-refractivity contribution in [3.63, 3.8) is 0 Å². The monoisotopic (exact) mass is 224 g/mol. The summed E-state index contributed by atoms with van der Waals surface area (Å²) in [6.45, 7) is 0. The molecule has 1 aromatic heterocycles. The van der Waals surface area contributed by atoms with Gasteiger partial charge in [0, 0.05) is 12.3 Å². The fourth-order valence-corrected chi connectivity index (χ4v) is 1.24. The Balaban J connectivity index is 2.13. The van der Waals surface area contributed by atoms with Crippen LogP contribution in [0, 0.1) is 11.3 Å². The van der Waals surface area contributed by atoms with Gasteiger partial charge in [0.2, 0.25) is 5.88 Å². The van der Waals surface area contributed by atoms with Crippen LogP contribution in [0.15, 0.2) is 48.7 Å². The molecular weight excluding hydrogens is 216 g/mol. The van der Waals surface area contributed by atoms with Crippen molar-refractivity contribution in [2.45, 2.75) is 0 Å². The molecule has 0 radical (unpaired) electrons. The van der Waals surface area contributed by atoms with Gasteiger partial charge in [0.15, 0.2) is 0 Å². The van der Waals surface area contributed by atoms with Crippen LogP contribution in [0.1, 0.15) is 15.9 Å². The zero-order valence-electron chi connectivity index (χ0n) is 8.83. The molecule has 4 nitrogen and oxygen atoms in total. The Labute approximate surface area is 98.1 Å². The van der Waals surface area contributed by atoms with E-state index in [-0.39, 0.29) is 5.88 Å². The van der Waals surface area contributed by atoms with Crippen LogP contribution >= 0.6 is 0 Å². The summed E-state index contributed by atoms with van der Waals surface area (Å²) in [5.41, 5.74) is 0.883. The van der Waals surface area contributed by atoms with Crippen molar-refractivity contribution >= 4 is 5.97 Å². The van der Waals surface area contributed by atoms with Crippen LogP contribution in [-0.2, 0) is 0 Å². The molecule has 0 fully saturated rings. The van der Waals surface area contributed by atoms with E-state index in [1.807, 2.05) is 6.07 Å². The normalized spacial score (nSPS) is 9.35. The lowest BCUT2D eigenvalue weighted by Crippen LogP contribution is -2.09. The second kappa shape index (κ2) is 4.90. The minimum absolute atomic E-state index is 0.252. The summed E-state index contributed by atoms with van der Waals surface area (Å²) in [5.74, 6) is -0.241. The number of aromatic nitrogens is 1. The van der Waals surface area contributed by atoms with Gasteiger partial charge in [0.25, 0.3) is 0 Å². The second-order valence-corrected chi connectivity index (χ2v) is 3.25. The number of benzene rings is 1. The van der Waals surface area contributed by atoms with Crippen LogP contribution in [0.4, 0.5) is 0 Å². The highest BCUT2D eigenvalue weighted by atomic mass is 16.5. The van der Waals surface area contributed by atoms with Crippen LogP contribution in [0.2, 0.25) is 0 Å². The largest absolute Gasteiger partial charge is 0.404 e. The van der Waals surface area contributed by atoms with E-state index in [2.05, 4.69) is 4.98 Å². The molecule has 0 saturated heterocycles. The fourth-order valence-electron chi connectivity index (χ4n) is 1.24. The number of carbonyl (C=O) groups excluding carboxylic acids is 1. The number of carbonyl (C=O) groups is 1. The van der Waals surface area contributed by atoms with Crippen LogP contribution < -0.4 is 4.74 Å². The minimum Gasteiger partial charge on any atom is -0.404 e. The maximum Gasteiger partial charge on any atom is 0.344 e. The Morgan fingerprint density at radius 3 is 2.53 bits per heavy atom. The molecule has 0 spiro atoms. The van der Waals surface area contributed by atoms with E-state index in [1.165, 1.54) is 0 Å². The van der Waals surface area contributed by atoms with Crippen LogP contribution in [0.25, 0.3) is 0 Å². The summed E-state index contributed by atoms with van der Waals surface area (Å²) in [6, 6.07) is 13.3. The van der Waals surface area contributed by atoms with Gasteiger partial charge in [-0.3, -0.25) is 0 Å². The first-order chi connectivity index (χ1) is 8.29. The number of esters is 1. The fraction of sp³-hybridized carbons (Fsp3) is 0. The summed E-state index contributed by atoms with van der Waals surface area (Å²) >= 11 is 0. The highest BCUT2D eigenvalue weighted by molar-refractivity contribution is 5.90. The predicted molar refractivity (Wildman–Crippen MR) is 60.4 cm³/mol. The summed E-state index contributed by atoms with van der Waals surface area (Å²) in [7, 11) is 0. The van der Waals surface area contributed by atoms with Gasteiger partial charge >= 0.3 is 5.97 Å². The molecule has 0 bridgehead atoms. The van der Waals surface area contributed by atoms with Gasteiger partial charge in [-0.05, 0) is 30.3 Å². The van der Waals surface area contributed by atoms with E-state index in [4.69, 9.17) is 10.00 Å². The molecule has 0 aliphatic carbocycles. The van der Waals surface area contributed by atoms with Crippen molar-refractivity contribution in [2.75, 3.05) is 0 Å². The average molecular weight is 224 g/mol. The maximum absolute atomic E-state index is 11.7. The SMILES string of the molecule is N#Cc1ccc(C(=O)Oc2ccccn2)cc1. The topological polar surface area (TPSA) is 63.0 Å². The molecule has 0 aliphatic rings. The van der Waals surface area contributed by atoms with E-state index < -0.39 is 5.97 Å². The molecule has 17 heavy (non-hydrogen) atoms. The highest BCUT2D eigenvalue weighted by Crippen LogP contribution is 2.09. The molecule has 82 valence electrons. The van der Waals surface area contributed by atoms with E-state index in [0.29, 0.717) is 11.1 Å². The lowest BCUT2D eigenvalue weighted by atomic mass is 10.1. The van der Waals surface area contributed by atoms with Gasteiger partial charge in [0.1, 0.15) is 0 Å². The lowest BCUT2D eigenvalue weighted by Gasteiger charge is -2.02. The number of ether oxygens (including phenoxy) is 1. The van der Waals surface area contributed by atoms with Gasteiger partial charge in [-0.25, -0.2) is 9.78 Å². The van der Waals surface area contributed by atoms with Crippen molar-refractivity contribution in [3.05, 3.63) is 59.8 Å². The number of hydrogen-bond acceptors (Lipinski definition) is 4. The molecule has 4 heteroatoms. The average Bonchev–Trinajstić information content (AvgIpc) is 2.40. The van der Waals surface area contributed by atoms with Crippen LogP contribution in [0.5, 0.6) is 5.88 Å². The Morgan fingerprint density at radius 2 is 1.94 bits per heavy atom. The summed E-state index contributed by atoms with van der Waals surface area (Å²) < 4.78 is 5.04. The number of rotatable bonds is 2. The lowest BCUT2D eigenvalue weighted by molar-refractivity contribution is 0.0727. The standard InChI is InChI=1S/C13H8N2O2/c14-9-10-4-6-11(7-5-10)13(16)17-12-3-1-2-8-15-12/h1-8H. The van der Waals surface area contributed by atoms with Gasteiger partial charge in [0.05, 0.1) is 17.2 Å². The van der Waals surface area contributed by atoms with Gasteiger partial charge < -0.3 is 4.74 Å². The van der Waals surface area contributed by atoms with Crippen LogP contribution in [0.3, 0.4) is 0 Å². The molecule has 0 unspecified atom stereocenters. The zero-order valence-corrected chi connectivity index (χ0v) is 8.83. The Bertz CT molecular complexity index is 556. The first-order valence-electron chi connectivity index (χ1n) is 4.93. The first-order valence-corrected chi connectivity index (χ1v) is 4.93. The quantitative estimate of drug-likeness (QED) is 0.733. The maximum atomic E-state index is 11.7. The molecule has 1 heterocycles. The van der Waals surface area contributed by atoms with E-state index in [0.717, 1.165) is 0 Å². The van der Waals surface area contributed by atoms with E-state index in [1.54, 1.807) is 48.7 Å². The smallest absolute Gasteiger partial charge is 0.344 e. The Hall–Kier alpha value is -2.67. The molecular formula is C13H8N2O2. The number of nitriles is 1. The third kappa shape index (κ3) is 2.67. The summed E-state index contributed by atoms with van der Waals surface area (Å²) in [5, 5.41) is 8.63. The van der Waals surface area contributed by atoms with E-state index in [9.17, 15) is 4.79 Å². The molecule has 0 aliphatic heterocycles. The van der Waals surface area contributed by atoms with Crippen LogP contribution in [-0.4, -0.2) is 11.0 Å². The van der Waals surface area contributed by atoms with Gasteiger partial charge in [-0.2, -0.15) is 5.26 Å². The molecule has 0 atom stereocenters. The summed E-state index contributed by atoms with van der Waals surface area (Å²) in [6.07, 6.45) is 1.54. The molecule has 0 N–H and O–H groups in total. The molecule has 2 aromatic rings. The van der Waals surface area contributed by atoms with E-state index >= 15 is 0 Å². The van der Waals surface area contributed by atoms with Crippen molar-refractivity contribution in [3.8, 4) is 11.9 Å². The number of hydrogen-bond donors (Lipinski definition) is 0. The zero-order chi connectivity index (χ0) is 12.1. The second-order valence-electron chi connectivity index (χ2n) is 3.25. The minimum atomic E-state index is -0.492. The van der Waals surface area contributed by atoms with Gasteiger partial charge in [-0.1, -0.05) is 6.07 Å². The molecule has 1 aromatic carbocycles. The number of pyridine rings is 1. The van der Waals surface area contributed by atoms with Crippen molar-refractivity contribution in [1.82, 2.24) is 4.98 Å². The van der Waals surface area contributed by atoms with Crippen molar-refractivity contribution < 1.29 is 9.53 Å². The molecule has 0 amide bonds. The predicted octanol–water partition coefficient (Wildman–Crippen LogP) is 2.17. The van der Waals surface area contributed by atoms with Gasteiger partial charge in [-0.15, -0.1) is 0 Å². The first kappa shape index (κ1) is 10.8. The molecule has 0 saturated carbocycles. The third-order valence-electron chi connectivity index (χ3n) is 2.08. The Kier molecular flexibility index (Phi) is 3.13. The van der Waals surface area contributed by atoms with Crippen molar-refractivity contribution in [2.24, 2.45) is 0 Å². The number of nitrogens with zero attached hydrogens (tertiary/aromatic N) is 2. The Morgan fingerprint density at radius 1 is 1.18 bits per heavy atom. The third-order valence-corrected chi connectivity index (χ3v) is 2.08.